The number of methoxy groups -OCH3 is 1. The van der Waals surface area contributed by atoms with Crippen molar-refractivity contribution in [3.05, 3.63) is 53.6 Å². The van der Waals surface area contributed by atoms with Gasteiger partial charge in [0.2, 0.25) is 0 Å². The predicted octanol–water partition coefficient (Wildman–Crippen LogP) is 4.98. The standard InChI is InChI=1S/C27H36N2O4/c1-18(2)28-22-17-27(33-23-9-7-6-8-21(22)23)12-14-29(15-13-27)26(30)20-10-11-24(32-19(3)4)25(16-20)31-5/h6-11,16,18-19,22,28H,12-15,17H2,1-5H3. The van der Waals surface area contributed by atoms with Crippen LogP contribution in [0.2, 0.25) is 0 Å². The van der Waals surface area contributed by atoms with Crippen LogP contribution in [0.5, 0.6) is 17.2 Å². The number of ether oxygens (including phenoxy) is 3. The van der Waals surface area contributed by atoms with Gasteiger partial charge in [-0.3, -0.25) is 4.79 Å². The Hall–Kier alpha value is -2.73. The number of hydrogen-bond donors (Lipinski definition) is 1. The SMILES string of the molecule is COc1cc(C(=O)N2CCC3(CC2)CC(NC(C)C)c2ccccc2O3)ccc1OC(C)C. The Kier molecular flexibility index (Phi) is 6.84. The van der Waals surface area contributed by atoms with E-state index in [-0.39, 0.29) is 23.7 Å². The van der Waals surface area contributed by atoms with Crippen molar-refractivity contribution in [2.24, 2.45) is 0 Å². The number of fused-ring (bicyclic) bond motifs is 1. The van der Waals surface area contributed by atoms with E-state index in [1.54, 1.807) is 13.2 Å². The fourth-order valence-electron chi connectivity index (χ4n) is 4.93. The maximum absolute atomic E-state index is 13.3. The summed E-state index contributed by atoms with van der Waals surface area (Å²) >= 11 is 0. The molecule has 1 saturated heterocycles. The van der Waals surface area contributed by atoms with Gasteiger partial charge in [-0.15, -0.1) is 0 Å². The molecule has 0 bridgehead atoms. The van der Waals surface area contributed by atoms with Crippen molar-refractivity contribution >= 4 is 5.91 Å². The number of amides is 1. The van der Waals surface area contributed by atoms with Crippen molar-refractivity contribution in [1.29, 1.82) is 0 Å². The van der Waals surface area contributed by atoms with Crippen LogP contribution in [0.4, 0.5) is 0 Å². The van der Waals surface area contributed by atoms with Gasteiger partial charge in [0.15, 0.2) is 11.5 Å². The molecular formula is C27H36N2O4. The lowest BCUT2D eigenvalue weighted by molar-refractivity contribution is -0.0217. The zero-order valence-corrected chi connectivity index (χ0v) is 20.4. The minimum absolute atomic E-state index is 0.0207. The summed E-state index contributed by atoms with van der Waals surface area (Å²) in [5, 5.41) is 3.71. The van der Waals surface area contributed by atoms with E-state index >= 15 is 0 Å². The van der Waals surface area contributed by atoms with Crippen molar-refractivity contribution in [3.63, 3.8) is 0 Å². The highest BCUT2D eigenvalue weighted by atomic mass is 16.5. The van der Waals surface area contributed by atoms with Gasteiger partial charge in [0.1, 0.15) is 11.4 Å². The van der Waals surface area contributed by atoms with Gasteiger partial charge in [-0.2, -0.15) is 0 Å². The summed E-state index contributed by atoms with van der Waals surface area (Å²) < 4.78 is 17.8. The average molecular weight is 453 g/mol. The van der Waals surface area contributed by atoms with E-state index in [1.165, 1.54) is 5.56 Å². The topological polar surface area (TPSA) is 60.0 Å². The first-order valence-electron chi connectivity index (χ1n) is 12.0. The van der Waals surface area contributed by atoms with Crippen molar-refractivity contribution in [1.82, 2.24) is 10.2 Å². The molecule has 0 radical (unpaired) electrons. The minimum atomic E-state index is -0.246. The first-order valence-corrected chi connectivity index (χ1v) is 12.0. The van der Waals surface area contributed by atoms with E-state index < -0.39 is 0 Å². The Bertz CT molecular complexity index is 980. The number of nitrogens with one attached hydrogen (secondary N) is 1. The molecule has 0 aliphatic carbocycles. The summed E-state index contributed by atoms with van der Waals surface area (Å²) in [4.78, 5) is 15.2. The van der Waals surface area contributed by atoms with Crippen LogP contribution in [-0.4, -0.2) is 48.8 Å². The molecule has 1 unspecified atom stereocenters. The molecule has 1 N–H and O–H groups in total. The normalized spacial score (nSPS) is 19.4. The Morgan fingerprint density at radius 2 is 1.82 bits per heavy atom. The molecule has 6 nitrogen and oxygen atoms in total. The molecule has 1 atom stereocenters. The Morgan fingerprint density at radius 1 is 1.09 bits per heavy atom. The third-order valence-corrected chi connectivity index (χ3v) is 6.47. The summed E-state index contributed by atoms with van der Waals surface area (Å²) in [7, 11) is 1.60. The number of benzene rings is 2. The first-order chi connectivity index (χ1) is 15.8. The second-order valence-corrected chi connectivity index (χ2v) is 9.73. The highest BCUT2D eigenvalue weighted by Gasteiger charge is 2.44. The van der Waals surface area contributed by atoms with Gasteiger partial charge in [-0.25, -0.2) is 0 Å². The molecular weight excluding hydrogens is 416 g/mol. The number of carbonyl (C=O) groups excluding carboxylic acids is 1. The number of rotatable bonds is 6. The van der Waals surface area contributed by atoms with Crippen LogP contribution in [0, 0.1) is 0 Å². The molecule has 178 valence electrons. The highest BCUT2D eigenvalue weighted by Crippen LogP contribution is 2.44. The smallest absolute Gasteiger partial charge is 0.253 e. The summed E-state index contributed by atoms with van der Waals surface area (Å²) in [6.45, 7) is 9.63. The summed E-state index contributed by atoms with van der Waals surface area (Å²) in [5.74, 6) is 2.22. The quantitative estimate of drug-likeness (QED) is 0.670. The Labute approximate surface area is 197 Å². The molecule has 1 amide bonds. The van der Waals surface area contributed by atoms with Crippen molar-refractivity contribution in [2.45, 2.75) is 70.7 Å². The number of carbonyl (C=O) groups is 1. The third-order valence-electron chi connectivity index (χ3n) is 6.47. The van der Waals surface area contributed by atoms with E-state index in [0.717, 1.165) is 25.0 Å². The second-order valence-electron chi connectivity index (χ2n) is 9.73. The van der Waals surface area contributed by atoms with Crippen LogP contribution < -0.4 is 19.5 Å². The lowest BCUT2D eigenvalue weighted by atomic mass is 9.80. The molecule has 2 aromatic carbocycles. The van der Waals surface area contributed by atoms with Crippen molar-refractivity contribution in [2.75, 3.05) is 20.2 Å². The molecule has 4 rings (SSSR count). The van der Waals surface area contributed by atoms with Crippen LogP contribution in [0.25, 0.3) is 0 Å². The van der Waals surface area contributed by atoms with Gasteiger partial charge in [0, 0.05) is 55.6 Å². The fourth-order valence-corrected chi connectivity index (χ4v) is 4.93. The van der Waals surface area contributed by atoms with Crippen molar-refractivity contribution < 1.29 is 19.0 Å². The van der Waals surface area contributed by atoms with Gasteiger partial charge in [0.25, 0.3) is 5.91 Å². The maximum Gasteiger partial charge on any atom is 0.253 e. The third kappa shape index (κ3) is 5.11. The summed E-state index contributed by atoms with van der Waals surface area (Å²) in [6.07, 6.45) is 2.58. The molecule has 2 heterocycles. The van der Waals surface area contributed by atoms with Gasteiger partial charge in [0.05, 0.1) is 13.2 Å². The van der Waals surface area contributed by atoms with Crippen LogP contribution in [0.15, 0.2) is 42.5 Å². The van der Waals surface area contributed by atoms with Crippen LogP contribution >= 0.6 is 0 Å². The number of likely N-dealkylation sites (tertiary alicyclic amines) is 1. The number of para-hydroxylation sites is 1. The van der Waals surface area contributed by atoms with Crippen LogP contribution in [0.1, 0.15) is 68.9 Å². The van der Waals surface area contributed by atoms with Gasteiger partial charge < -0.3 is 24.4 Å². The summed E-state index contributed by atoms with van der Waals surface area (Å²) in [6, 6.07) is 14.4. The van der Waals surface area contributed by atoms with E-state index in [2.05, 4.69) is 37.4 Å². The molecule has 1 spiro atoms. The predicted molar refractivity (Wildman–Crippen MR) is 129 cm³/mol. The van der Waals surface area contributed by atoms with E-state index in [0.29, 0.717) is 36.2 Å². The number of nitrogens with zero attached hydrogens (tertiary/aromatic N) is 1. The molecule has 2 aliphatic rings. The fraction of sp³-hybridized carbons (Fsp3) is 0.519. The minimum Gasteiger partial charge on any atom is -0.493 e. The highest BCUT2D eigenvalue weighted by molar-refractivity contribution is 5.95. The molecule has 0 saturated carbocycles. The summed E-state index contributed by atoms with van der Waals surface area (Å²) in [5.41, 5.74) is 1.60. The Balaban J connectivity index is 1.47. The first kappa shape index (κ1) is 23.4. The van der Waals surface area contributed by atoms with Crippen LogP contribution in [0.3, 0.4) is 0 Å². The Morgan fingerprint density at radius 3 is 2.48 bits per heavy atom. The lowest BCUT2D eigenvalue weighted by Crippen LogP contribution is -2.53. The van der Waals surface area contributed by atoms with Crippen LogP contribution in [-0.2, 0) is 0 Å². The molecule has 6 heteroatoms. The zero-order chi connectivity index (χ0) is 23.6. The number of piperidine rings is 1. The van der Waals surface area contributed by atoms with E-state index in [9.17, 15) is 4.79 Å². The number of hydrogen-bond acceptors (Lipinski definition) is 5. The van der Waals surface area contributed by atoms with Gasteiger partial charge in [-0.1, -0.05) is 32.0 Å². The van der Waals surface area contributed by atoms with E-state index in [4.69, 9.17) is 14.2 Å². The lowest BCUT2D eigenvalue weighted by Gasteiger charge is -2.47. The van der Waals surface area contributed by atoms with Gasteiger partial charge in [-0.05, 0) is 38.1 Å². The molecule has 2 aliphatic heterocycles. The largest absolute Gasteiger partial charge is 0.493 e. The molecule has 0 aromatic heterocycles. The second kappa shape index (κ2) is 9.64. The average Bonchev–Trinajstić information content (AvgIpc) is 2.78. The maximum atomic E-state index is 13.3. The zero-order valence-electron chi connectivity index (χ0n) is 20.4. The molecule has 1 fully saturated rings. The van der Waals surface area contributed by atoms with Crippen molar-refractivity contribution in [3.8, 4) is 17.2 Å². The van der Waals surface area contributed by atoms with E-state index in [1.807, 2.05) is 36.9 Å². The monoisotopic (exact) mass is 452 g/mol. The molecule has 33 heavy (non-hydrogen) atoms. The molecule has 2 aromatic rings. The van der Waals surface area contributed by atoms with Gasteiger partial charge >= 0.3 is 0 Å².